The summed E-state index contributed by atoms with van der Waals surface area (Å²) in [6, 6.07) is 7.57. The molecule has 2 rings (SSSR count). The molecule has 1 aromatic heterocycles. The van der Waals surface area contributed by atoms with E-state index in [0.717, 1.165) is 16.7 Å². The van der Waals surface area contributed by atoms with Crippen LogP contribution in [0.15, 0.2) is 37.0 Å². The first kappa shape index (κ1) is 12.7. The molecule has 94 valence electrons. The molecule has 0 aliphatic carbocycles. The largest absolute Gasteiger partial charge is 0.472 e. The highest BCUT2D eigenvalue weighted by molar-refractivity contribution is 6.31. The van der Waals surface area contributed by atoms with Crippen LogP contribution in [0.2, 0.25) is 5.02 Å². The van der Waals surface area contributed by atoms with E-state index < -0.39 is 0 Å². The minimum atomic E-state index is 0.388. The normalized spacial score (nSPS) is 10.4. The van der Waals surface area contributed by atoms with E-state index in [-0.39, 0.29) is 0 Å². The van der Waals surface area contributed by atoms with Gasteiger partial charge in [-0.15, -0.1) is 5.10 Å². The molecule has 0 aliphatic heterocycles. The third-order valence-corrected chi connectivity index (χ3v) is 2.99. The van der Waals surface area contributed by atoms with Crippen molar-refractivity contribution in [3.05, 3.63) is 53.2 Å². The maximum Gasteiger partial charge on any atom is 0.233 e. The smallest absolute Gasteiger partial charge is 0.233 e. The van der Waals surface area contributed by atoms with E-state index >= 15 is 0 Å². The summed E-state index contributed by atoms with van der Waals surface area (Å²) in [5.74, 6) is 0.588. The van der Waals surface area contributed by atoms with Crippen molar-refractivity contribution in [1.82, 2.24) is 9.78 Å². The summed E-state index contributed by atoms with van der Waals surface area (Å²) in [5, 5.41) is 4.85. The van der Waals surface area contributed by atoms with Gasteiger partial charge in [0.25, 0.3) is 0 Å². The van der Waals surface area contributed by atoms with Gasteiger partial charge >= 0.3 is 0 Å². The lowest BCUT2D eigenvalue weighted by Gasteiger charge is -2.11. The maximum atomic E-state index is 6.20. The highest BCUT2D eigenvalue weighted by atomic mass is 35.5. The molecule has 0 saturated heterocycles. The van der Waals surface area contributed by atoms with Gasteiger partial charge in [0.05, 0.1) is 0 Å². The van der Waals surface area contributed by atoms with Crippen LogP contribution >= 0.6 is 11.6 Å². The lowest BCUT2D eigenvalue weighted by Crippen LogP contribution is -2.01. The Labute approximate surface area is 112 Å². The monoisotopic (exact) mass is 262 g/mol. The lowest BCUT2D eigenvalue weighted by atomic mass is 10.0. The van der Waals surface area contributed by atoms with Crippen molar-refractivity contribution in [2.24, 2.45) is 7.05 Å². The van der Waals surface area contributed by atoms with E-state index in [4.69, 9.17) is 16.3 Å². The fourth-order valence-electron chi connectivity index (χ4n) is 1.72. The Bertz CT molecular complexity index is 575. The number of hydrogen-bond donors (Lipinski definition) is 0. The number of hydrogen-bond acceptors (Lipinski definition) is 2. The maximum absolute atomic E-state index is 6.20. The zero-order valence-electron chi connectivity index (χ0n) is 10.5. The lowest BCUT2D eigenvalue weighted by molar-refractivity contribution is 0.290. The molecule has 0 amide bonds. The first-order valence-corrected chi connectivity index (χ1v) is 6.01. The molecule has 1 heterocycles. The number of aryl methyl sites for hydroxylation is 1. The first-order valence-electron chi connectivity index (χ1n) is 5.63. The highest BCUT2D eigenvalue weighted by Gasteiger charge is 2.09. The Balaban J connectivity index is 2.20. The molecule has 0 atom stereocenters. The van der Waals surface area contributed by atoms with Crippen molar-refractivity contribution in [3.8, 4) is 5.88 Å². The minimum absolute atomic E-state index is 0.388. The quantitative estimate of drug-likeness (QED) is 0.840. The average molecular weight is 263 g/mol. The van der Waals surface area contributed by atoms with E-state index in [0.29, 0.717) is 17.5 Å². The molecule has 0 bridgehead atoms. The van der Waals surface area contributed by atoms with Crippen molar-refractivity contribution >= 4 is 17.2 Å². The number of rotatable bonds is 4. The van der Waals surface area contributed by atoms with E-state index in [1.165, 1.54) is 0 Å². The molecule has 0 fully saturated rings. The van der Waals surface area contributed by atoms with Crippen molar-refractivity contribution in [2.45, 2.75) is 13.5 Å². The van der Waals surface area contributed by atoms with Crippen LogP contribution in [-0.2, 0) is 13.7 Å². The van der Waals surface area contributed by atoms with Gasteiger partial charge in [0, 0.05) is 29.9 Å². The predicted molar refractivity (Wildman–Crippen MR) is 73.7 cm³/mol. The zero-order chi connectivity index (χ0) is 13.1. The number of aromatic nitrogens is 2. The van der Waals surface area contributed by atoms with Gasteiger partial charge in [-0.2, -0.15) is 0 Å². The van der Waals surface area contributed by atoms with Gasteiger partial charge < -0.3 is 4.74 Å². The first-order chi connectivity index (χ1) is 8.58. The zero-order valence-corrected chi connectivity index (χ0v) is 11.2. The number of benzene rings is 1. The second-order valence-corrected chi connectivity index (χ2v) is 4.57. The molecule has 4 heteroatoms. The third kappa shape index (κ3) is 2.74. The van der Waals surface area contributed by atoms with Gasteiger partial charge in [0.2, 0.25) is 5.88 Å². The van der Waals surface area contributed by atoms with Crippen LogP contribution in [0.5, 0.6) is 5.88 Å². The van der Waals surface area contributed by atoms with Crippen LogP contribution in [0.25, 0.3) is 5.57 Å². The summed E-state index contributed by atoms with van der Waals surface area (Å²) in [5.41, 5.74) is 2.94. The molecule has 3 nitrogen and oxygen atoms in total. The summed E-state index contributed by atoms with van der Waals surface area (Å²) in [6.45, 7) is 6.29. The molecular formula is C14H15ClN2O. The molecule has 0 spiro atoms. The Hall–Kier alpha value is -1.74. The van der Waals surface area contributed by atoms with Crippen molar-refractivity contribution in [2.75, 3.05) is 0 Å². The van der Waals surface area contributed by atoms with E-state index in [1.807, 2.05) is 44.4 Å². The van der Waals surface area contributed by atoms with E-state index in [9.17, 15) is 0 Å². The molecule has 1 aromatic carbocycles. The average Bonchev–Trinajstić information content (AvgIpc) is 2.73. The van der Waals surface area contributed by atoms with Crippen molar-refractivity contribution in [3.63, 3.8) is 0 Å². The van der Waals surface area contributed by atoms with Gasteiger partial charge in [-0.1, -0.05) is 35.9 Å². The Kier molecular flexibility index (Phi) is 3.72. The molecule has 2 aromatic rings. The SMILES string of the molecule is C=C(C)c1cccc(Cl)c1COc1ccn(C)n1. The van der Waals surface area contributed by atoms with Crippen molar-refractivity contribution in [1.29, 1.82) is 0 Å². The van der Waals surface area contributed by atoms with E-state index in [1.54, 1.807) is 4.68 Å². The standard InChI is InChI=1S/C14H15ClN2O/c1-10(2)11-5-4-6-13(15)12(11)9-18-14-7-8-17(3)16-14/h4-8H,1,9H2,2-3H3. The van der Waals surface area contributed by atoms with Crippen molar-refractivity contribution < 1.29 is 4.74 Å². The van der Waals surface area contributed by atoms with Gasteiger partial charge in [0.15, 0.2) is 0 Å². The van der Waals surface area contributed by atoms with Crippen LogP contribution in [0.4, 0.5) is 0 Å². The molecular weight excluding hydrogens is 248 g/mol. The summed E-state index contributed by atoms with van der Waals surface area (Å²) >= 11 is 6.20. The van der Waals surface area contributed by atoms with Crippen LogP contribution in [0.1, 0.15) is 18.1 Å². The number of allylic oxidation sites excluding steroid dienone is 1. The van der Waals surface area contributed by atoms with Crippen LogP contribution in [0, 0.1) is 0 Å². The second-order valence-electron chi connectivity index (χ2n) is 4.16. The van der Waals surface area contributed by atoms with E-state index in [2.05, 4.69) is 11.7 Å². The summed E-state index contributed by atoms with van der Waals surface area (Å²) in [6.07, 6.45) is 1.83. The van der Waals surface area contributed by atoms with Gasteiger partial charge in [-0.3, -0.25) is 4.68 Å². The molecule has 0 aliphatic rings. The molecule has 0 saturated carbocycles. The topological polar surface area (TPSA) is 27.1 Å². The van der Waals surface area contributed by atoms with Crippen LogP contribution in [0.3, 0.4) is 0 Å². The fraction of sp³-hybridized carbons (Fsp3) is 0.214. The minimum Gasteiger partial charge on any atom is -0.472 e. The van der Waals surface area contributed by atoms with Gasteiger partial charge in [0.1, 0.15) is 6.61 Å². The van der Waals surface area contributed by atoms with Crippen LogP contribution < -0.4 is 4.74 Å². The second kappa shape index (κ2) is 5.27. The molecule has 0 unspecified atom stereocenters. The van der Waals surface area contributed by atoms with Crippen LogP contribution in [-0.4, -0.2) is 9.78 Å². The Morgan fingerprint density at radius 2 is 2.22 bits per heavy atom. The highest BCUT2D eigenvalue weighted by Crippen LogP contribution is 2.26. The van der Waals surface area contributed by atoms with Gasteiger partial charge in [-0.25, -0.2) is 0 Å². The number of halogens is 1. The Morgan fingerprint density at radius 3 is 2.83 bits per heavy atom. The molecule has 18 heavy (non-hydrogen) atoms. The van der Waals surface area contributed by atoms with Gasteiger partial charge in [-0.05, 0) is 18.6 Å². The number of nitrogens with zero attached hydrogens (tertiary/aromatic N) is 2. The number of ether oxygens (including phenoxy) is 1. The summed E-state index contributed by atoms with van der Waals surface area (Å²) < 4.78 is 7.32. The third-order valence-electron chi connectivity index (χ3n) is 2.63. The molecule has 0 N–H and O–H groups in total. The summed E-state index contributed by atoms with van der Waals surface area (Å²) in [4.78, 5) is 0. The Morgan fingerprint density at radius 1 is 1.44 bits per heavy atom. The molecule has 0 radical (unpaired) electrons. The fourth-order valence-corrected chi connectivity index (χ4v) is 1.95. The predicted octanol–water partition coefficient (Wildman–Crippen LogP) is 3.69. The summed E-state index contributed by atoms with van der Waals surface area (Å²) in [7, 11) is 1.85.